The van der Waals surface area contributed by atoms with Gasteiger partial charge in [-0.3, -0.25) is 4.79 Å². The van der Waals surface area contributed by atoms with E-state index in [0.717, 1.165) is 38.4 Å². The average Bonchev–Trinajstić information content (AvgIpc) is 2.21. The van der Waals surface area contributed by atoms with E-state index >= 15 is 0 Å². The van der Waals surface area contributed by atoms with Crippen LogP contribution < -0.4 is 5.32 Å². The summed E-state index contributed by atoms with van der Waals surface area (Å²) in [6.07, 6.45) is 9.52. The predicted octanol–water partition coefficient (Wildman–Crippen LogP) is 1.83. The highest BCUT2D eigenvalue weighted by atomic mass is 16.1. The molecule has 0 aliphatic rings. The number of hydrogen-bond donors (Lipinski definition) is 1. The van der Waals surface area contributed by atoms with Crippen molar-refractivity contribution in [3.63, 3.8) is 0 Å². The molecule has 0 saturated heterocycles. The zero-order chi connectivity index (χ0) is 10.6. The summed E-state index contributed by atoms with van der Waals surface area (Å²) >= 11 is 0. The molecule has 0 fully saturated rings. The van der Waals surface area contributed by atoms with Gasteiger partial charge in [-0.1, -0.05) is 25.3 Å². The van der Waals surface area contributed by atoms with E-state index in [9.17, 15) is 9.59 Å². The van der Waals surface area contributed by atoms with Crippen molar-refractivity contribution in [3.05, 3.63) is 12.7 Å². The summed E-state index contributed by atoms with van der Waals surface area (Å²) in [5.41, 5.74) is 0. The quantitative estimate of drug-likeness (QED) is 0.330. The fourth-order valence-corrected chi connectivity index (χ4v) is 1.28. The monoisotopic (exact) mass is 197 g/mol. The minimum absolute atomic E-state index is 0.299. The second-order valence-electron chi connectivity index (χ2n) is 3.31. The van der Waals surface area contributed by atoms with Gasteiger partial charge in [0.25, 0.3) is 0 Å². The Morgan fingerprint density at radius 1 is 1.14 bits per heavy atom. The van der Waals surface area contributed by atoms with Gasteiger partial charge in [-0.05, 0) is 19.3 Å². The van der Waals surface area contributed by atoms with Crippen LogP contribution >= 0.6 is 0 Å². The molecule has 0 aromatic carbocycles. The van der Waals surface area contributed by atoms with E-state index < -0.39 is 0 Å². The number of allylic oxidation sites excluding steroid dienone is 1. The number of hydrogen-bond acceptors (Lipinski definition) is 2. The van der Waals surface area contributed by atoms with Crippen molar-refractivity contribution in [3.8, 4) is 0 Å². The highest BCUT2D eigenvalue weighted by Crippen LogP contribution is 2.06. The van der Waals surface area contributed by atoms with Gasteiger partial charge in [0.2, 0.25) is 6.41 Å². The lowest BCUT2D eigenvalue weighted by Crippen LogP contribution is -2.28. The van der Waals surface area contributed by atoms with Gasteiger partial charge in [-0.2, -0.15) is 0 Å². The minimum Gasteiger partial charge on any atom is -0.349 e. The molecule has 0 aromatic heterocycles. The van der Waals surface area contributed by atoms with E-state index in [1.165, 1.54) is 6.42 Å². The molecule has 0 aliphatic carbocycles. The molecule has 1 amide bonds. The maximum Gasteiger partial charge on any atom is 0.207 e. The number of carbonyl (C=O) groups excluding carboxylic acids is 2. The van der Waals surface area contributed by atoms with Gasteiger partial charge in [0, 0.05) is 0 Å². The first-order chi connectivity index (χ1) is 6.85. The van der Waals surface area contributed by atoms with Crippen LogP contribution in [-0.2, 0) is 9.59 Å². The van der Waals surface area contributed by atoms with Gasteiger partial charge in [-0.15, -0.1) is 6.58 Å². The maximum absolute atomic E-state index is 10.4. The predicted molar refractivity (Wildman–Crippen MR) is 57.0 cm³/mol. The molecule has 0 radical (unpaired) electrons. The van der Waals surface area contributed by atoms with E-state index in [0.29, 0.717) is 6.41 Å². The Hall–Kier alpha value is -1.12. The zero-order valence-corrected chi connectivity index (χ0v) is 8.58. The van der Waals surface area contributed by atoms with Crippen LogP contribution in [0.2, 0.25) is 0 Å². The van der Waals surface area contributed by atoms with Crippen LogP contribution in [0.1, 0.15) is 38.5 Å². The Kier molecular flexibility index (Phi) is 9.17. The van der Waals surface area contributed by atoms with Crippen LogP contribution in [0.4, 0.5) is 0 Å². The van der Waals surface area contributed by atoms with Crippen molar-refractivity contribution < 1.29 is 9.59 Å². The van der Waals surface area contributed by atoms with E-state index in [1.54, 1.807) is 0 Å². The Morgan fingerprint density at radius 3 is 2.43 bits per heavy atom. The van der Waals surface area contributed by atoms with E-state index in [2.05, 4.69) is 11.9 Å². The molecule has 0 rings (SSSR count). The maximum atomic E-state index is 10.4. The topological polar surface area (TPSA) is 46.2 Å². The molecule has 0 aromatic rings. The first-order valence-electron chi connectivity index (χ1n) is 5.11. The molecular weight excluding hydrogens is 178 g/mol. The molecule has 1 N–H and O–H groups in total. The lowest BCUT2D eigenvalue weighted by molar-refractivity contribution is -0.115. The Balaban J connectivity index is 3.27. The van der Waals surface area contributed by atoms with Crippen LogP contribution in [0.15, 0.2) is 12.7 Å². The largest absolute Gasteiger partial charge is 0.349 e. The molecule has 3 heteroatoms. The summed E-state index contributed by atoms with van der Waals surface area (Å²) in [5, 5.41) is 2.47. The standard InChI is InChI=1S/C11H19NO2/c1-2-3-4-5-6-7-8-11(9-13)12-10-14/h2,9-11H,1,3-8H2,(H,12,14)/t11-/m0/s1. The number of aldehydes is 1. The first-order valence-corrected chi connectivity index (χ1v) is 5.11. The third kappa shape index (κ3) is 7.53. The van der Waals surface area contributed by atoms with Crippen molar-refractivity contribution in [2.45, 2.75) is 44.6 Å². The van der Waals surface area contributed by atoms with Crippen molar-refractivity contribution in [2.75, 3.05) is 0 Å². The third-order valence-electron chi connectivity index (χ3n) is 2.12. The van der Waals surface area contributed by atoms with Crippen LogP contribution in [0.3, 0.4) is 0 Å². The van der Waals surface area contributed by atoms with Crippen molar-refractivity contribution in [1.29, 1.82) is 0 Å². The average molecular weight is 197 g/mol. The van der Waals surface area contributed by atoms with Gasteiger partial charge in [0.05, 0.1) is 6.04 Å². The molecule has 0 saturated carbocycles. The van der Waals surface area contributed by atoms with Gasteiger partial charge < -0.3 is 10.1 Å². The number of carbonyl (C=O) groups is 2. The Labute approximate surface area is 85.6 Å². The van der Waals surface area contributed by atoms with E-state index in [-0.39, 0.29) is 6.04 Å². The highest BCUT2D eigenvalue weighted by molar-refractivity contribution is 5.63. The van der Waals surface area contributed by atoms with Crippen molar-refractivity contribution in [2.24, 2.45) is 0 Å². The van der Waals surface area contributed by atoms with Gasteiger partial charge in [-0.25, -0.2) is 0 Å². The number of amides is 1. The van der Waals surface area contributed by atoms with Crippen LogP contribution in [0.5, 0.6) is 0 Å². The number of nitrogens with one attached hydrogen (secondary N) is 1. The summed E-state index contributed by atoms with van der Waals surface area (Å²) in [7, 11) is 0. The highest BCUT2D eigenvalue weighted by Gasteiger charge is 2.03. The molecule has 0 bridgehead atoms. The first kappa shape index (κ1) is 12.9. The summed E-state index contributed by atoms with van der Waals surface area (Å²) in [6.45, 7) is 3.65. The van der Waals surface area contributed by atoms with Crippen molar-refractivity contribution in [1.82, 2.24) is 5.32 Å². The summed E-state index contributed by atoms with van der Waals surface area (Å²) in [5.74, 6) is 0. The summed E-state index contributed by atoms with van der Waals surface area (Å²) in [6, 6.07) is -0.299. The second kappa shape index (κ2) is 9.96. The molecule has 0 spiro atoms. The second-order valence-corrected chi connectivity index (χ2v) is 3.31. The third-order valence-corrected chi connectivity index (χ3v) is 2.12. The van der Waals surface area contributed by atoms with Crippen LogP contribution in [0.25, 0.3) is 0 Å². The molecule has 3 nitrogen and oxygen atoms in total. The summed E-state index contributed by atoms with van der Waals surface area (Å²) in [4.78, 5) is 20.5. The number of unbranched alkanes of at least 4 members (excludes halogenated alkanes) is 4. The van der Waals surface area contributed by atoms with Crippen LogP contribution in [-0.4, -0.2) is 18.7 Å². The van der Waals surface area contributed by atoms with E-state index in [1.807, 2.05) is 6.08 Å². The SMILES string of the molecule is C=CCCCCCC[C@@H](C=O)NC=O. The lowest BCUT2D eigenvalue weighted by atomic mass is 10.1. The summed E-state index contributed by atoms with van der Waals surface area (Å²) < 4.78 is 0. The fraction of sp³-hybridized carbons (Fsp3) is 0.636. The smallest absolute Gasteiger partial charge is 0.207 e. The fourth-order valence-electron chi connectivity index (χ4n) is 1.28. The molecule has 0 heterocycles. The van der Waals surface area contributed by atoms with Crippen molar-refractivity contribution >= 4 is 12.7 Å². The molecule has 14 heavy (non-hydrogen) atoms. The molecule has 1 atom stereocenters. The van der Waals surface area contributed by atoms with Crippen LogP contribution in [0, 0.1) is 0 Å². The molecule has 80 valence electrons. The molecule has 0 unspecified atom stereocenters. The molecular formula is C11H19NO2. The Morgan fingerprint density at radius 2 is 1.86 bits per heavy atom. The van der Waals surface area contributed by atoms with E-state index in [4.69, 9.17) is 0 Å². The normalized spacial score (nSPS) is 11.7. The van der Waals surface area contributed by atoms with Gasteiger partial charge >= 0.3 is 0 Å². The lowest BCUT2D eigenvalue weighted by Gasteiger charge is -2.07. The number of rotatable bonds is 10. The molecule has 0 aliphatic heterocycles. The minimum atomic E-state index is -0.299. The van der Waals surface area contributed by atoms with Gasteiger partial charge in [0.15, 0.2) is 0 Å². The van der Waals surface area contributed by atoms with Gasteiger partial charge in [0.1, 0.15) is 6.29 Å². The Bertz CT molecular complexity index is 169. The zero-order valence-electron chi connectivity index (χ0n) is 8.58.